The lowest BCUT2D eigenvalue weighted by Gasteiger charge is -2.25. The zero-order chi connectivity index (χ0) is 29.9. The largest absolute Gasteiger partial charge is 0.459 e. The number of unbranched alkanes of at least 4 members (excludes halogenated alkanes) is 2. The van der Waals surface area contributed by atoms with Crippen molar-refractivity contribution in [3.8, 4) is 0 Å². The molecule has 41 heavy (non-hydrogen) atoms. The Labute approximate surface area is 244 Å². The third-order valence-corrected chi connectivity index (χ3v) is 8.62. The van der Waals surface area contributed by atoms with Gasteiger partial charge in [0.2, 0.25) is 5.91 Å². The molecule has 1 saturated heterocycles. The van der Waals surface area contributed by atoms with Crippen LogP contribution in [0.3, 0.4) is 0 Å². The van der Waals surface area contributed by atoms with Gasteiger partial charge >= 0.3 is 5.97 Å². The summed E-state index contributed by atoms with van der Waals surface area (Å²) < 4.78 is 5.04. The van der Waals surface area contributed by atoms with Gasteiger partial charge in [0.05, 0.1) is 12.7 Å². The van der Waals surface area contributed by atoms with Gasteiger partial charge in [0.1, 0.15) is 35.9 Å². The summed E-state index contributed by atoms with van der Waals surface area (Å²) in [6.07, 6.45) is 0.152. The summed E-state index contributed by atoms with van der Waals surface area (Å²) in [6.45, 7) is 0.745. The Balaban J connectivity index is 1.47. The normalized spacial score (nSPS) is 19.1. The van der Waals surface area contributed by atoms with E-state index in [4.69, 9.17) is 9.84 Å². The zero-order valence-electron chi connectivity index (χ0n) is 23.5. The predicted octanol–water partition coefficient (Wildman–Crippen LogP) is 2.47. The van der Waals surface area contributed by atoms with E-state index in [0.29, 0.717) is 17.7 Å². The highest BCUT2D eigenvalue weighted by Crippen LogP contribution is 2.31. The smallest absolute Gasteiger partial charge is 0.348 e. The van der Waals surface area contributed by atoms with Gasteiger partial charge in [0, 0.05) is 23.0 Å². The van der Waals surface area contributed by atoms with Crippen molar-refractivity contribution in [2.24, 2.45) is 0 Å². The minimum Gasteiger partial charge on any atom is -0.459 e. The van der Waals surface area contributed by atoms with E-state index in [1.165, 1.54) is 11.3 Å². The molecule has 0 saturated carbocycles. The SMILES string of the molecule is CCCCC[C@H](O)c1ccc(N2C(=O)CC[C@@H]2CCCc2ccc(C(=O)OC[C@H](O)[C@@H](O)[C@H](O)[C@H](O)CO)s2)cc1. The number of nitrogens with zero attached hydrogens (tertiary/aromatic N) is 1. The van der Waals surface area contributed by atoms with Crippen LogP contribution >= 0.6 is 11.3 Å². The lowest BCUT2D eigenvalue weighted by Crippen LogP contribution is -2.47. The molecule has 6 atom stereocenters. The van der Waals surface area contributed by atoms with Crippen molar-refractivity contribution in [1.29, 1.82) is 0 Å². The molecule has 0 unspecified atom stereocenters. The van der Waals surface area contributed by atoms with E-state index < -0.39 is 49.7 Å². The Morgan fingerprint density at radius 3 is 2.39 bits per heavy atom. The summed E-state index contributed by atoms with van der Waals surface area (Å²) in [4.78, 5) is 28.2. The number of amides is 1. The van der Waals surface area contributed by atoms with Crippen LogP contribution in [0.1, 0.15) is 84.5 Å². The Kier molecular flexibility index (Phi) is 13.2. The Bertz CT molecular complexity index is 1090. The quantitative estimate of drug-likeness (QED) is 0.119. The fourth-order valence-corrected chi connectivity index (χ4v) is 5.95. The van der Waals surface area contributed by atoms with E-state index in [9.17, 15) is 35.1 Å². The molecule has 0 radical (unpaired) electrons. The molecule has 1 amide bonds. The maximum Gasteiger partial charge on any atom is 0.348 e. The standard InChI is InChI=1S/C30H43NO9S/c1-2-3-4-8-23(33)19-9-11-21(12-10-19)31-20(13-16-27(31)36)6-5-7-22-14-15-26(41-22)30(39)40-18-25(35)29(38)28(37)24(34)17-32/h9-12,14-15,20,23-25,28-29,32-35,37-38H,2-8,13,16-18H2,1H3/t20-,23-,24+,25-,28+,29+/m0/s1. The molecule has 0 bridgehead atoms. The van der Waals surface area contributed by atoms with Gasteiger partial charge in [-0.25, -0.2) is 4.79 Å². The highest BCUT2D eigenvalue weighted by atomic mass is 32.1. The molecule has 1 aromatic heterocycles. The van der Waals surface area contributed by atoms with Crippen LogP contribution in [-0.4, -0.2) is 86.2 Å². The van der Waals surface area contributed by atoms with Gasteiger partial charge in [-0.2, -0.15) is 0 Å². The first-order valence-corrected chi connectivity index (χ1v) is 15.2. The number of esters is 1. The molecule has 3 rings (SSSR count). The van der Waals surface area contributed by atoms with E-state index in [2.05, 4.69) is 6.92 Å². The maximum absolute atomic E-state index is 12.7. The fourth-order valence-electron chi connectivity index (χ4n) is 5.01. The van der Waals surface area contributed by atoms with E-state index in [-0.39, 0.29) is 11.9 Å². The van der Waals surface area contributed by atoms with Crippen molar-refractivity contribution in [3.05, 3.63) is 51.7 Å². The summed E-state index contributed by atoms with van der Waals surface area (Å²) in [6, 6.07) is 11.2. The molecule has 11 heteroatoms. The van der Waals surface area contributed by atoms with Crippen molar-refractivity contribution in [1.82, 2.24) is 0 Å². The molecule has 6 N–H and O–H groups in total. The maximum atomic E-state index is 12.7. The molecule has 10 nitrogen and oxygen atoms in total. The predicted molar refractivity (Wildman–Crippen MR) is 155 cm³/mol. The number of aliphatic hydroxyl groups excluding tert-OH is 6. The summed E-state index contributed by atoms with van der Waals surface area (Å²) in [5.41, 5.74) is 1.71. The molecule has 1 fully saturated rings. The van der Waals surface area contributed by atoms with Gasteiger partial charge in [-0.3, -0.25) is 4.79 Å². The molecule has 1 aliphatic heterocycles. The zero-order valence-corrected chi connectivity index (χ0v) is 24.3. The van der Waals surface area contributed by atoms with E-state index in [0.717, 1.165) is 61.1 Å². The lowest BCUT2D eigenvalue weighted by atomic mass is 10.0. The second kappa shape index (κ2) is 16.3. The van der Waals surface area contributed by atoms with E-state index in [1.54, 1.807) is 6.07 Å². The number of benzene rings is 1. The number of carbonyl (C=O) groups excluding carboxylic acids is 2. The molecule has 0 spiro atoms. The molecule has 1 aliphatic rings. The van der Waals surface area contributed by atoms with Crippen LogP contribution in [0.15, 0.2) is 36.4 Å². The third-order valence-electron chi connectivity index (χ3n) is 7.50. The molecule has 2 aromatic rings. The molecule has 0 aliphatic carbocycles. The number of hydrogen-bond donors (Lipinski definition) is 6. The topological polar surface area (TPSA) is 168 Å². The number of hydrogen-bond acceptors (Lipinski definition) is 10. The number of thiophene rings is 1. The number of ether oxygens (including phenoxy) is 1. The minimum atomic E-state index is -1.80. The second-order valence-electron chi connectivity index (χ2n) is 10.6. The first-order valence-electron chi connectivity index (χ1n) is 14.3. The monoisotopic (exact) mass is 593 g/mol. The van der Waals surface area contributed by atoms with Crippen molar-refractivity contribution in [3.63, 3.8) is 0 Å². The van der Waals surface area contributed by atoms with Gasteiger partial charge in [0.25, 0.3) is 0 Å². The molecular weight excluding hydrogens is 550 g/mol. The number of carbonyl (C=O) groups is 2. The second-order valence-corrected chi connectivity index (χ2v) is 11.8. The van der Waals surface area contributed by atoms with Crippen molar-refractivity contribution < 1.29 is 45.0 Å². The first-order chi connectivity index (χ1) is 19.7. The van der Waals surface area contributed by atoms with E-state index >= 15 is 0 Å². The summed E-state index contributed by atoms with van der Waals surface area (Å²) in [5, 5.41) is 58.1. The van der Waals surface area contributed by atoms with Crippen LogP contribution < -0.4 is 4.90 Å². The van der Waals surface area contributed by atoms with Crippen molar-refractivity contribution >= 4 is 28.9 Å². The third kappa shape index (κ3) is 9.31. The van der Waals surface area contributed by atoms with Crippen molar-refractivity contribution in [2.45, 2.75) is 101 Å². The molecule has 2 heterocycles. The molecular formula is C30H43NO9S. The summed E-state index contributed by atoms with van der Waals surface area (Å²) >= 11 is 1.26. The molecule has 228 valence electrons. The van der Waals surface area contributed by atoms with Crippen LogP contribution in [0.25, 0.3) is 0 Å². The average molecular weight is 594 g/mol. The van der Waals surface area contributed by atoms with Crippen LogP contribution in [-0.2, 0) is 16.0 Å². The Hall–Kier alpha value is -2.38. The van der Waals surface area contributed by atoms with Crippen molar-refractivity contribution in [2.75, 3.05) is 18.1 Å². The van der Waals surface area contributed by atoms with Gasteiger partial charge in [-0.05, 0) is 61.9 Å². The Morgan fingerprint density at radius 1 is 1.00 bits per heavy atom. The number of rotatable bonds is 17. The molecule has 1 aromatic carbocycles. The Morgan fingerprint density at radius 2 is 1.71 bits per heavy atom. The number of anilines is 1. The van der Waals surface area contributed by atoms with Gasteiger partial charge in [0.15, 0.2) is 0 Å². The lowest BCUT2D eigenvalue weighted by molar-refractivity contribution is -0.124. The van der Waals surface area contributed by atoms with Crippen LogP contribution in [0, 0.1) is 0 Å². The average Bonchev–Trinajstić information content (AvgIpc) is 3.61. The van der Waals surface area contributed by atoms with Crippen LogP contribution in [0.4, 0.5) is 5.69 Å². The van der Waals surface area contributed by atoms with Gasteiger partial charge in [-0.1, -0.05) is 38.3 Å². The van der Waals surface area contributed by atoms with Crippen LogP contribution in [0.5, 0.6) is 0 Å². The van der Waals surface area contributed by atoms with Gasteiger partial charge in [-0.15, -0.1) is 11.3 Å². The fraction of sp³-hybridized carbons (Fsp3) is 0.600. The van der Waals surface area contributed by atoms with Gasteiger partial charge < -0.3 is 40.3 Å². The minimum absolute atomic E-state index is 0.0832. The highest BCUT2D eigenvalue weighted by Gasteiger charge is 2.32. The summed E-state index contributed by atoms with van der Waals surface area (Å²) in [5.74, 6) is -0.589. The number of aryl methyl sites for hydroxylation is 1. The highest BCUT2D eigenvalue weighted by molar-refractivity contribution is 7.13. The number of aliphatic hydroxyl groups is 6. The first kappa shape index (κ1) is 33.1. The van der Waals surface area contributed by atoms with E-state index in [1.807, 2.05) is 35.2 Å². The van der Waals surface area contributed by atoms with Crippen LogP contribution in [0.2, 0.25) is 0 Å². The summed E-state index contributed by atoms with van der Waals surface area (Å²) in [7, 11) is 0.